The van der Waals surface area contributed by atoms with Crippen LogP contribution in [-0.4, -0.2) is 50.8 Å². The highest BCUT2D eigenvalue weighted by molar-refractivity contribution is 7.86. The number of aryl methyl sites for hydroxylation is 1. The van der Waals surface area contributed by atoms with Gasteiger partial charge in [0.15, 0.2) is 12.4 Å². The number of ether oxygens (including phenoxy) is 2. The Morgan fingerprint density at radius 1 is 1.14 bits per heavy atom. The molecule has 0 saturated carbocycles. The first-order valence-electron chi connectivity index (χ1n) is 9.61. The van der Waals surface area contributed by atoms with E-state index in [0.717, 1.165) is 11.1 Å². The lowest BCUT2D eigenvalue weighted by Crippen LogP contribution is -2.60. The second-order valence-electron chi connectivity index (χ2n) is 7.52. The summed E-state index contributed by atoms with van der Waals surface area (Å²) < 4.78 is 42.2. The molecule has 2 heterocycles. The molecule has 0 spiro atoms. The van der Waals surface area contributed by atoms with E-state index in [2.05, 4.69) is 5.32 Å². The lowest BCUT2D eigenvalue weighted by molar-refractivity contribution is -0.193. The Kier molecular flexibility index (Phi) is 5.74. The topological polar surface area (TPSA) is 94.1 Å². The molecule has 2 aromatic rings. The quantitative estimate of drug-likeness (QED) is 0.691. The molecule has 7 nitrogen and oxygen atoms in total. The minimum absolute atomic E-state index is 0.0255. The fourth-order valence-electron chi connectivity index (χ4n) is 3.73. The number of aliphatic hydroxyl groups excluding tert-OH is 1. The molecule has 6 atom stereocenters. The first kappa shape index (κ1) is 20.5. The maximum Gasteiger partial charge on any atom is 0.297 e. The second-order valence-corrected chi connectivity index (χ2v) is 9.09. The maximum atomic E-state index is 12.7. The number of benzene rings is 2. The van der Waals surface area contributed by atoms with E-state index >= 15 is 0 Å². The van der Waals surface area contributed by atoms with E-state index in [-0.39, 0.29) is 23.6 Å². The van der Waals surface area contributed by atoms with Crippen LogP contribution in [-0.2, 0) is 23.8 Å². The smallest absolute Gasteiger partial charge is 0.297 e. The highest BCUT2D eigenvalue weighted by Gasteiger charge is 2.52. The fourth-order valence-corrected chi connectivity index (χ4v) is 4.81. The standard InChI is InChI=1S/C21H25NO6S/c1-13-8-10-16(11-9-13)29(24,25)28-20-19(23)18(17-12-26-21(20)27-17)22-14(2)15-6-4-3-5-7-15/h3-11,14,17-23H,12H2,1-2H3/t14-,17-,18+,19-,20+,21+/m0/s1. The summed E-state index contributed by atoms with van der Waals surface area (Å²) in [6.45, 7) is 4.10. The zero-order chi connectivity index (χ0) is 20.6. The summed E-state index contributed by atoms with van der Waals surface area (Å²) in [4.78, 5) is 0.0255. The molecule has 0 radical (unpaired) electrons. The Labute approximate surface area is 170 Å². The van der Waals surface area contributed by atoms with Crippen LogP contribution in [0.4, 0.5) is 0 Å². The molecule has 0 aliphatic carbocycles. The van der Waals surface area contributed by atoms with E-state index in [0.29, 0.717) is 0 Å². The fraction of sp³-hybridized carbons (Fsp3) is 0.429. The van der Waals surface area contributed by atoms with Crippen LogP contribution in [0.15, 0.2) is 59.5 Å². The van der Waals surface area contributed by atoms with Crippen molar-refractivity contribution in [2.45, 2.75) is 55.4 Å². The molecule has 8 heteroatoms. The minimum atomic E-state index is -4.09. The Morgan fingerprint density at radius 3 is 2.52 bits per heavy atom. The van der Waals surface area contributed by atoms with Gasteiger partial charge in [-0.3, -0.25) is 4.18 Å². The van der Waals surface area contributed by atoms with Gasteiger partial charge in [0.2, 0.25) is 0 Å². The number of hydrogen-bond acceptors (Lipinski definition) is 7. The predicted molar refractivity (Wildman–Crippen MR) is 106 cm³/mol. The summed E-state index contributed by atoms with van der Waals surface area (Å²) in [5, 5.41) is 14.3. The van der Waals surface area contributed by atoms with Crippen LogP contribution >= 0.6 is 0 Å². The summed E-state index contributed by atoms with van der Waals surface area (Å²) in [6, 6.07) is 15.5. The van der Waals surface area contributed by atoms with Gasteiger partial charge in [-0.2, -0.15) is 8.42 Å². The minimum Gasteiger partial charge on any atom is -0.388 e. The highest BCUT2D eigenvalue weighted by atomic mass is 32.2. The van der Waals surface area contributed by atoms with Gasteiger partial charge in [-0.05, 0) is 31.5 Å². The third-order valence-electron chi connectivity index (χ3n) is 5.40. The Morgan fingerprint density at radius 2 is 1.83 bits per heavy atom. The highest BCUT2D eigenvalue weighted by Crippen LogP contribution is 2.33. The van der Waals surface area contributed by atoms with E-state index in [9.17, 15) is 13.5 Å². The zero-order valence-corrected chi connectivity index (χ0v) is 17.1. The van der Waals surface area contributed by atoms with Crippen molar-refractivity contribution in [3.8, 4) is 0 Å². The van der Waals surface area contributed by atoms with Gasteiger partial charge in [-0.15, -0.1) is 0 Å². The average molecular weight is 419 g/mol. The molecule has 2 fully saturated rings. The van der Waals surface area contributed by atoms with Gasteiger partial charge in [-0.1, -0.05) is 48.0 Å². The van der Waals surface area contributed by atoms with Crippen LogP contribution in [0.3, 0.4) is 0 Å². The van der Waals surface area contributed by atoms with Crippen molar-refractivity contribution in [2.75, 3.05) is 6.61 Å². The van der Waals surface area contributed by atoms with Crippen molar-refractivity contribution < 1.29 is 27.2 Å². The number of aliphatic hydroxyl groups is 1. The lowest BCUT2D eigenvalue weighted by Gasteiger charge is -2.39. The first-order chi connectivity index (χ1) is 13.8. The second kappa shape index (κ2) is 8.14. The monoisotopic (exact) mass is 419 g/mol. The molecule has 2 bridgehead atoms. The Bertz CT molecular complexity index is 933. The van der Waals surface area contributed by atoms with Crippen LogP contribution in [0.5, 0.6) is 0 Å². The van der Waals surface area contributed by atoms with Crippen LogP contribution < -0.4 is 5.32 Å². The molecule has 0 unspecified atom stereocenters. The van der Waals surface area contributed by atoms with Gasteiger partial charge in [0.25, 0.3) is 10.1 Å². The van der Waals surface area contributed by atoms with E-state index in [1.54, 1.807) is 12.1 Å². The molecule has 156 valence electrons. The number of hydrogen-bond donors (Lipinski definition) is 2. The molecular formula is C21H25NO6S. The molecule has 29 heavy (non-hydrogen) atoms. The summed E-state index contributed by atoms with van der Waals surface area (Å²) in [5.74, 6) is 0. The van der Waals surface area contributed by atoms with E-state index in [4.69, 9.17) is 13.7 Å². The molecule has 2 saturated heterocycles. The van der Waals surface area contributed by atoms with Gasteiger partial charge < -0.3 is 19.9 Å². The van der Waals surface area contributed by atoms with Gasteiger partial charge in [0.1, 0.15) is 12.2 Å². The largest absolute Gasteiger partial charge is 0.388 e. The van der Waals surface area contributed by atoms with Crippen molar-refractivity contribution >= 4 is 10.1 Å². The molecular weight excluding hydrogens is 394 g/mol. The van der Waals surface area contributed by atoms with Crippen molar-refractivity contribution in [3.05, 3.63) is 65.7 Å². The summed E-state index contributed by atoms with van der Waals surface area (Å²) >= 11 is 0. The van der Waals surface area contributed by atoms with Crippen molar-refractivity contribution in [1.29, 1.82) is 0 Å². The molecule has 0 aromatic heterocycles. The third kappa shape index (κ3) is 4.23. The van der Waals surface area contributed by atoms with Gasteiger partial charge in [0, 0.05) is 6.04 Å². The summed E-state index contributed by atoms with van der Waals surface area (Å²) in [6.07, 6.45) is -3.60. The third-order valence-corrected chi connectivity index (χ3v) is 6.72. The van der Waals surface area contributed by atoms with Gasteiger partial charge in [0.05, 0.1) is 17.5 Å². The molecule has 2 N–H and O–H groups in total. The van der Waals surface area contributed by atoms with Crippen LogP contribution in [0.1, 0.15) is 24.1 Å². The van der Waals surface area contributed by atoms with Gasteiger partial charge >= 0.3 is 0 Å². The van der Waals surface area contributed by atoms with Crippen LogP contribution in [0, 0.1) is 6.92 Å². The number of rotatable bonds is 6. The maximum absolute atomic E-state index is 12.7. The molecule has 0 amide bonds. The average Bonchev–Trinajstić information content (AvgIpc) is 3.16. The SMILES string of the molecule is Cc1ccc(S(=O)(=O)O[C@H]2[C@@H]3OC[C@H](O3)[C@@H](N[C@@H](C)c3ccccc3)[C@@H]2O)cc1. The summed E-state index contributed by atoms with van der Waals surface area (Å²) in [5.41, 5.74) is 1.98. The van der Waals surface area contributed by atoms with Crippen LogP contribution in [0.2, 0.25) is 0 Å². The van der Waals surface area contributed by atoms with Crippen molar-refractivity contribution in [3.63, 3.8) is 0 Å². The Balaban J connectivity index is 1.52. The molecule has 4 rings (SSSR count). The molecule has 2 aliphatic rings. The van der Waals surface area contributed by atoms with Gasteiger partial charge in [-0.25, -0.2) is 0 Å². The lowest BCUT2D eigenvalue weighted by atomic mass is 9.96. The Hall–Kier alpha value is -1.81. The molecule has 2 aromatic carbocycles. The normalized spacial score (nSPS) is 30.2. The van der Waals surface area contributed by atoms with E-state index in [1.165, 1.54) is 12.1 Å². The van der Waals surface area contributed by atoms with Crippen LogP contribution in [0.25, 0.3) is 0 Å². The van der Waals surface area contributed by atoms with Crippen molar-refractivity contribution in [2.24, 2.45) is 0 Å². The van der Waals surface area contributed by atoms with E-state index < -0.39 is 34.7 Å². The number of nitrogens with one attached hydrogen (secondary N) is 1. The summed E-state index contributed by atoms with van der Waals surface area (Å²) in [7, 11) is -4.09. The molecule has 2 aliphatic heterocycles. The zero-order valence-electron chi connectivity index (χ0n) is 16.3. The van der Waals surface area contributed by atoms with Crippen molar-refractivity contribution in [1.82, 2.24) is 5.32 Å². The van der Waals surface area contributed by atoms with E-state index in [1.807, 2.05) is 44.2 Å². The first-order valence-corrected chi connectivity index (χ1v) is 11.0. The number of fused-ring (bicyclic) bond motifs is 2. The predicted octanol–water partition coefficient (Wildman–Crippen LogP) is 1.90.